The van der Waals surface area contributed by atoms with Crippen molar-refractivity contribution >= 4 is 23.3 Å². The molecule has 1 aliphatic heterocycles. The maximum absolute atomic E-state index is 12.2. The Balaban J connectivity index is 1.96. The van der Waals surface area contributed by atoms with Crippen molar-refractivity contribution in [3.8, 4) is 11.1 Å². The SMILES string of the molecule is COC(=O)C1=C(C)NC(=S)N[C@@H]1c1ccc(-c2ccccc2)cc1. The van der Waals surface area contributed by atoms with Crippen molar-refractivity contribution in [3.05, 3.63) is 71.4 Å². The number of thiocarbonyl (C=S) groups is 1. The molecule has 0 spiro atoms. The number of allylic oxidation sites excluding steroid dienone is 1. The summed E-state index contributed by atoms with van der Waals surface area (Å²) in [6.45, 7) is 1.82. The Morgan fingerprint density at radius 3 is 2.29 bits per heavy atom. The number of esters is 1. The van der Waals surface area contributed by atoms with Crippen molar-refractivity contribution in [2.45, 2.75) is 13.0 Å². The summed E-state index contributed by atoms with van der Waals surface area (Å²) >= 11 is 5.23. The number of rotatable bonds is 3. The average molecular weight is 338 g/mol. The van der Waals surface area contributed by atoms with Gasteiger partial charge in [0.05, 0.1) is 18.7 Å². The second kappa shape index (κ2) is 6.84. The smallest absolute Gasteiger partial charge is 0.337 e. The Kier molecular flexibility index (Phi) is 4.62. The molecule has 1 heterocycles. The predicted molar refractivity (Wildman–Crippen MR) is 98.2 cm³/mol. The van der Waals surface area contributed by atoms with Crippen LogP contribution in [0.4, 0.5) is 0 Å². The van der Waals surface area contributed by atoms with Crippen molar-refractivity contribution < 1.29 is 9.53 Å². The van der Waals surface area contributed by atoms with Crippen molar-refractivity contribution in [1.82, 2.24) is 10.6 Å². The van der Waals surface area contributed by atoms with Gasteiger partial charge in [0.2, 0.25) is 0 Å². The first kappa shape index (κ1) is 16.2. The van der Waals surface area contributed by atoms with E-state index >= 15 is 0 Å². The first-order valence-electron chi connectivity index (χ1n) is 7.62. The minimum absolute atomic E-state index is 0.323. The molecule has 3 rings (SSSR count). The summed E-state index contributed by atoms with van der Waals surface area (Å²) in [5, 5.41) is 6.63. The fourth-order valence-corrected chi connectivity index (χ4v) is 3.09. The van der Waals surface area contributed by atoms with Gasteiger partial charge >= 0.3 is 5.97 Å². The van der Waals surface area contributed by atoms with Gasteiger partial charge in [0, 0.05) is 5.70 Å². The van der Waals surface area contributed by atoms with Crippen LogP contribution in [0, 0.1) is 0 Å². The van der Waals surface area contributed by atoms with Gasteiger partial charge in [-0.1, -0.05) is 54.6 Å². The average Bonchev–Trinajstić information content (AvgIpc) is 2.61. The van der Waals surface area contributed by atoms with Gasteiger partial charge < -0.3 is 15.4 Å². The molecule has 122 valence electrons. The third-order valence-electron chi connectivity index (χ3n) is 4.03. The number of hydrogen-bond donors (Lipinski definition) is 2. The normalized spacial score (nSPS) is 17.1. The zero-order chi connectivity index (χ0) is 17.1. The minimum atomic E-state index is -0.368. The Morgan fingerprint density at radius 2 is 1.67 bits per heavy atom. The largest absolute Gasteiger partial charge is 0.466 e. The molecule has 2 aromatic rings. The molecule has 2 aromatic carbocycles. The van der Waals surface area contributed by atoms with Crippen molar-refractivity contribution in [1.29, 1.82) is 0 Å². The fraction of sp³-hybridized carbons (Fsp3) is 0.158. The van der Waals surface area contributed by atoms with E-state index in [-0.39, 0.29) is 12.0 Å². The van der Waals surface area contributed by atoms with E-state index in [4.69, 9.17) is 17.0 Å². The Morgan fingerprint density at radius 1 is 1.04 bits per heavy atom. The first-order valence-corrected chi connectivity index (χ1v) is 8.03. The quantitative estimate of drug-likeness (QED) is 0.664. The lowest BCUT2D eigenvalue weighted by atomic mass is 9.94. The molecule has 0 amide bonds. The van der Waals surface area contributed by atoms with Gasteiger partial charge in [0.1, 0.15) is 0 Å². The van der Waals surface area contributed by atoms with Crippen LogP contribution >= 0.6 is 12.2 Å². The molecular formula is C19H18N2O2S. The topological polar surface area (TPSA) is 50.4 Å². The number of hydrogen-bond acceptors (Lipinski definition) is 3. The van der Waals surface area contributed by atoms with Gasteiger partial charge in [-0.3, -0.25) is 0 Å². The van der Waals surface area contributed by atoms with Crippen LogP contribution < -0.4 is 10.6 Å². The summed E-state index contributed by atoms with van der Waals surface area (Å²) in [5.74, 6) is -0.368. The maximum Gasteiger partial charge on any atom is 0.337 e. The van der Waals surface area contributed by atoms with Crippen LogP contribution in [0.2, 0.25) is 0 Å². The maximum atomic E-state index is 12.2. The van der Waals surface area contributed by atoms with Crippen LogP contribution in [0.3, 0.4) is 0 Å². The third kappa shape index (κ3) is 3.16. The monoisotopic (exact) mass is 338 g/mol. The van der Waals surface area contributed by atoms with E-state index < -0.39 is 0 Å². The van der Waals surface area contributed by atoms with Gasteiger partial charge in [-0.25, -0.2) is 4.79 Å². The van der Waals surface area contributed by atoms with E-state index in [9.17, 15) is 4.79 Å². The van der Waals surface area contributed by atoms with Gasteiger partial charge in [0.15, 0.2) is 5.11 Å². The van der Waals surface area contributed by atoms with Crippen LogP contribution in [0.5, 0.6) is 0 Å². The zero-order valence-electron chi connectivity index (χ0n) is 13.5. The van der Waals surface area contributed by atoms with Gasteiger partial charge in [-0.2, -0.15) is 0 Å². The van der Waals surface area contributed by atoms with E-state index in [1.54, 1.807) is 0 Å². The molecular weight excluding hydrogens is 320 g/mol. The highest BCUT2D eigenvalue weighted by Gasteiger charge is 2.30. The molecule has 0 bridgehead atoms. The third-order valence-corrected chi connectivity index (χ3v) is 4.25. The molecule has 0 saturated carbocycles. The second-order valence-corrected chi connectivity index (χ2v) is 5.96. The molecule has 0 saturated heterocycles. The Hall–Kier alpha value is -2.66. The van der Waals surface area contributed by atoms with Crippen LogP contribution in [0.15, 0.2) is 65.9 Å². The highest BCUT2D eigenvalue weighted by molar-refractivity contribution is 7.80. The lowest BCUT2D eigenvalue weighted by Gasteiger charge is -2.29. The summed E-state index contributed by atoms with van der Waals surface area (Å²) in [6.07, 6.45) is 0. The predicted octanol–water partition coefficient (Wildman–Crippen LogP) is 3.32. The van der Waals surface area contributed by atoms with E-state index in [1.807, 2.05) is 49.4 Å². The van der Waals surface area contributed by atoms with Crippen molar-refractivity contribution in [2.24, 2.45) is 0 Å². The summed E-state index contributed by atoms with van der Waals surface area (Å²) in [5.41, 5.74) is 4.48. The number of methoxy groups -OCH3 is 1. The highest BCUT2D eigenvalue weighted by Crippen LogP contribution is 2.29. The summed E-state index contributed by atoms with van der Waals surface area (Å²) in [4.78, 5) is 12.2. The fourth-order valence-electron chi connectivity index (χ4n) is 2.82. The number of nitrogens with one attached hydrogen (secondary N) is 2. The highest BCUT2D eigenvalue weighted by atomic mass is 32.1. The summed E-state index contributed by atoms with van der Waals surface area (Å²) in [6, 6.07) is 17.9. The van der Waals surface area contributed by atoms with E-state index in [0.717, 1.165) is 16.7 Å². The van der Waals surface area contributed by atoms with Gasteiger partial charge in [0.25, 0.3) is 0 Å². The van der Waals surface area contributed by atoms with Crippen LogP contribution in [0.25, 0.3) is 11.1 Å². The van der Waals surface area contributed by atoms with Crippen molar-refractivity contribution in [2.75, 3.05) is 7.11 Å². The van der Waals surface area contributed by atoms with E-state index in [0.29, 0.717) is 16.4 Å². The molecule has 1 atom stereocenters. The summed E-state index contributed by atoms with van der Waals surface area (Å²) < 4.78 is 4.92. The molecule has 0 aliphatic carbocycles. The van der Waals surface area contributed by atoms with Gasteiger partial charge in [-0.05, 0) is 35.8 Å². The number of carbonyl (C=O) groups excluding carboxylic acids is 1. The minimum Gasteiger partial charge on any atom is -0.466 e. The van der Waals surface area contributed by atoms with Gasteiger partial charge in [-0.15, -0.1) is 0 Å². The molecule has 2 N–H and O–H groups in total. The standard InChI is InChI=1S/C19H18N2O2S/c1-12-16(18(22)23-2)17(21-19(24)20-12)15-10-8-14(9-11-15)13-6-4-3-5-7-13/h3-11,17H,1-2H3,(H2,20,21,24)/t17-/m1/s1. The van der Waals surface area contributed by atoms with Crippen LogP contribution in [-0.4, -0.2) is 18.2 Å². The molecule has 0 radical (unpaired) electrons. The van der Waals surface area contributed by atoms with E-state index in [1.165, 1.54) is 7.11 Å². The lowest BCUT2D eigenvalue weighted by Crippen LogP contribution is -2.45. The molecule has 0 aromatic heterocycles. The zero-order valence-corrected chi connectivity index (χ0v) is 14.3. The second-order valence-electron chi connectivity index (χ2n) is 5.55. The lowest BCUT2D eigenvalue weighted by molar-refractivity contribution is -0.136. The number of ether oxygens (including phenoxy) is 1. The first-order chi connectivity index (χ1) is 11.6. The Bertz CT molecular complexity index is 798. The van der Waals surface area contributed by atoms with Crippen LogP contribution in [-0.2, 0) is 9.53 Å². The van der Waals surface area contributed by atoms with Crippen LogP contribution in [0.1, 0.15) is 18.5 Å². The molecule has 5 heteroatoms. The molecule has 0 fully saturated rings. The molecule has 4 nitrogen and oxygen atoms in total. The summed E-state index contributed by atoms with van der Waals surface area (Å²) in [7, 11) is 1.38. The molecule has 0 unspecified atom stereocenters. The van der Waals surface area contributed by atoms with Crippen molar-refractivity contribution in [3.63, 3.8) is 0 Å². The molecule has 1 aliphatic rings. The number of benzene rings is 2. The Labute approximate surface area is 146 Å². The number of carbonyl (C=O) groups is 1. The van der Waals surface area contributed by atoms with E-state index in [2.05, 4.69) is 22.8 Å². The molecule has 24 heavy (non-hydrogen) atoms.